The Kier molecular flexibility index (Phi) is 4.87. The van der Waals surface area contributed by atoms with Gasteiger partial charge in [-0.3, -0.25) is 0 Å². The average Bonchev–Trinajstić information content (AvgIpc) is 1.90. The zero-order chi connectivity index (χ0) is 5.82. The summed E-state index contributed by atoms with van der Waals surface area (Å²) in [6.45, 7) is 0. The number of methoxy groups -OCH3 is 1. The van der Waals surface area contributed by atoms with Crippen LogP contribution in [0.5, 0.6) is 5.75 Å². The number of rotatable bonds is 1. The molecule has 1 aromatic rings. The standard InChI is InChI=1S/C7H7O.Na/c1-8-7-5-3-2-4-6-7;/h2-5H,1H3;/q-1;+1. The van der Waals surface area contributed by atoms with Crippen molar-refractivity contribution in [2.75, 3.05) is 7.11 Å². The monoisotopic (exact) mass is 130 g/mol. The van der Waals surface area contributed by atoms with E-state index in [1.165, 1.54) is 0 Å². The Labute approximate surface area is 77.3 Å². The molecule has 0 aliphatic rings. The Morgan fingerprint density at radius 1 is 1.44 bits per heavy atom. The van der Waals surface area contributed by atoms with Crippen LogP contribution in [0.25, 0.3) is 0 Å². The second-order valence-electron chi connectivity index (χ2n) is 1.43. The van der Waals surface area contributed by atoms with Gasteiger partial charge in [0, 0.05) is 5.75 Å². The molecule has 1 aromatic carbocycles. The SMILES string of the molecule is COc1[c-]cccc1.[Na+]. The molecule has 0 heterocycles. The minimum atomic E-state index is 0. The fraction of sp³-hybridized carbons (Fsp3) is 0.143. The fourth-order valence-electron chi connectivity index (χ4n) is 0.504. The number of ether oxygens (including phenoxy) is 1. The molecule has 42 valence electrons. The van der Waals surface area contributed by atoms with Gasteiger partial charge in [-0.2, -0.15) is 18.2 Å². The van der Waals surface area contributed by atoms with Gasteiger partial charge in [0.15, 0.2) is 0 Å². The smallest absolute Gasteiger partial charge is 0.523 e. The Morgan fingerprint density at radius 3 is 2.56 bits per heavy atom. The van der Waals surface area contributed by atoms with Gasteiger partial charge < -0.3 is 4.74 Å². The van der Waals surface area contributed by atoms with Gasteiger partial charge in [-0.1, -0.05) is 0 Å². The van der Waals surface area contributed by atoms with E-state index in [4.69, 9.17) is 4.74 Å². The van der Waals surface area contributed by atoms with E-state index in [2.05, 4.69) is 6.07 Å². The molecule has 1 rings (SSSR count). The number of hydrogen-bond donors (Lipinski definition) is 0. The van der Waals surface area contributed by atoms with Crippen LogP contribution < -0.4 is 34.3 Å². The van der Waals surface area contributed by atoms with Gasteiger partial charge in [0.1, 0.15) is 0 Å². The molecular formula is C7H7NaO. The minimum absolute atomic E-state index is 0. The number of benzene rings is 1. The quantitative estimate of drug-likeness (QED) is 0.332. The summed E-state index contributed by atoms with van der Waals surface area (Å²) < 4.78 is 4.86. The molecule has 0 saturated carbocycles. The molecular weight excluding hydrogens is 123 g/mol. The molecule has 0 saturated heterocycles. The molecule has 0 aliphatic heterocycles. The van der Waals surface area contributed by atoms with E-state index in [1.807, 2.05) is 24.3 Å². The van der Waals surface area contributed by atoms with Crippen molar-refractivity contribution in [1.29, 1.82) is 0 Å². The molecule has 0 aromatic heterocycles. The first-order valence-corrected chi connectivity index (χ1v) is 2.44. The molecule has 0 atom stereocenters. The molecule has 0 radical (unpaired) electrons. The van der Waals surface area contributed by atoms with E-state index < -0.39 is 0 Å². The van der Waals surface area contributed by atoms with E-state index in [1.54, 1.807) is 7.11 Å². The molecule has 0 spiro atoms. The van der Waals surface area contributed by atoms with Crippen LogP contribution >= 0.6 is 0 Å². The van der Waals surface area contributed by atoms with E-state index in [0.29, 0.717) is 0 Å². The first-order valence-electron chi connectivity index (χ1n) is 2.44. The summed E-state index contributed by atoms with van der Waals surface area (Å²) in [5.74, 6) is 0.785. The van der Waals surface area contributed by atoms with Crippen LogP contribution in [0.2, 0.25) is 0 Å². The maximum absolute atomic E-state index is 4.86. The summed E-state index contributed by atoms with van der Waals surface area (Å²) in [7, 11) is 1.63. The second-order valence-corrected chi connectivity index (χ2v) is 1.43. The summed E-state index contributed by atoms with van der Waals surface area (Å²) >= 11 is 0. The van der Waals surface area contributed by atoms with E-state index in [0.717, 1.165) is 5.75 Å². The second kappa shape index (κ2) is 4.86. The largest absolute Gasteiger partial charge is 1.00 e. The van der Waals surface area contributed by atoms with Gasteiger partial charge in [-0.25, -0.2) is 0 Å². The maximum atomic E-state index is 4.86. The van der Waals surface area contributed by atoms with Gasteiger partial charge in [-0.15, -0.1) is 12.1 Å². The van der Waals surface area contributed by atoms with Crippen LogP contribution in [0.3, 0.4) is 0 Å². The number of hydrogen-bond acceptors (Lipinski definition) is 1. The minimum Gasteiger partial charge on any atom is -0.523 e. The van der Waals surface area contributed by atoms with Crippen molar-refractivity contribution in [2.45, 2.75) is 0 Å². The molecule has 1 nitrogen and oxygen atoms in total. The zero-order valence-corrected chi connectivity index (χ0v) is 7.72. The molecule has 0 aliphatic carbocycles. The fourth-order valence-corrected chi connectivity index (χ4v) is 0.504. The molecule has 9 heavy (non-hydrogen) atoms. The van der Waals surface area contributed by atoms with Crippen molar-refractivity contribution in [1.82, 2.24) is 0 Å². The van der Waals surface area contributed by atoms with Crippen molar-refractivity contribution in [2.24, 2.45) is 0 Å². The van der Waals surface area contributed by atoms with Crippen molar-refractivity contribution in [3.05, 3.63) is 30.3 Å². The Morgan fingerprint density at radius 2 is 2.22 bits per heavy atom. The van der Waals surface area contributed by atoms with E-state index >= 15 is 0 Å². The Balaban J connectivity index is 0.000000640. The normalized spacial score (nSPS) is 7.67. The van der Waals surface area contributed by atoms with Crippen molar-refractivity contribution in [3.63, 3.8) is 0 Å². The first-order chi connectivity index (χ1) is 3.93. The number of para-hydroxylation sites is 1. The summed E-state index contributed by atoms with van der Waals surface area (Å²) in [6, 6.07) is 10.4. The Bertz CT molecular complexity index is 150. The summed E-state index contributed by atoms with van der Waals surface area (Å²) in [6.07, 6.45) is 0. The molecule has 0 unspecified atom stereocenters. The van der Waals surface area contributed by atoms with Crippen LogP contribution in [-0.4, -0.2) is 7.11 Å². The van der Waals surface area contributed by atoms with Crippen molar-refractivity contribution in [3.8, 4) is 5.75 Å². The van der Waals surface area contributed by atoms with Crippen LogP contribution in [0.15, 0.2) is 24.3 Å². The predicted octanol–water partition coefficient (Wildman–Crippen LogP) is -1.50. The van der Waals surface area contributed by atoms with Crippen LogP contribution in [-0.2, 0) is 0 Å². The molecule has 2 heteroatoms. The van der Waals surface area contributed by atoms with Crippen LogP contribution in [0, 0.1) is 6.07 Å². The molecule has 0 amide bonds. The van der Waals surface area contributed by atoms with Gasteiger partial charge in [-0.05, 0) is 0 Å². The van der Waals surface area contributed by atoms with Gasteiger partial charge in [0.25, 0.3) is 0 Å². The summed E-state index contributed by atoms with van der Waals surface area (Å²) in [4.78, 5) is 0. The van der Waals surface area contributed by atoms with Gasteiger partial charge in [0.2, 0.25) is 0 Å². The van der Waals surface area contributed by atoms with E-state index in [-0.39, 0.29) is 29.6 Å². The van der Waals surface area contributed by atoms with Crippen molar-refractivity contribution >= 4 is 0 Å². The Hall–Kier alpha value is 0.0200. The van der Waals surface area contributed by atoms with Gasteiger partial charge in [0.05, 0.1) is 7.11 Å². The summed E-state index contributed by atoms with van der Waals surface area (Å²) in [5.41, 5.74) is 0. The first kappa shape index (κ1) is 9.02. The van der Waals surface area contributed by atoms with Gasteiger partial charge >= 0.3 is 29.6 Å². The average molecular weight is 130 g/mol. The van der Waals surface area contributed by atoms with Crippen molar-refractivity contribution < 1.29 is 34.3 Å². The maximum Gasteiger partial charge on any atom is 1.00 e. The third kappa shape index (κ3) is 2.89. The van der Waals surface area contributed by atoms with E-state index in [9.17, 15) is 0 Å². The molecule has 0 N–H and O–H groups in total. The third-order valence-corrected chi connectivity index (χ3v) is 0.900. The zero-order valence-electron chi connectivity index (χ0n) is 5.72. The van der Waals surface area contributed by atoms with Crippen LogP contribution in [0.1, 0.15) is 0 Å². The predicted molar refractivity (Wildman–Crippen MR) is 31.8 cm³/mol. The third-order valence-electron chi connectivity index (χ3n) is 0.900. The molecule has 0 fully saturated rings. The molecule has 0 bridgehead atoms. The summed E-state index contributed by atoms with van der Waals surface area (Å²) in [5, 5.41) is 0. The van der Waals surface area contributed by atoms with Crippen LogP contribution in [0.4, 0.5) is 0 Å². The topological polar surface area (TPSA) is 9.23 Å².